The molecule has 3 atom stereocenters. The van der Waals surface area contributed by atoms with Gasteiger partial charge in [-0.05, 0) is 42.9 Å². The van der Waals surface area contributed by atoms with Gasteiger partial charge in [0.15, 0.2) is 8.32 Å². The standard InChI is InChI=1S/C15H30N4O4Si/c1-15(2,3)24(4,5)23-13-7-6-8-19(14(21)22)12(13)9-11(20)10-17-18-16/h11-13,20H,6-10H2,1-5H3,(H,21,22)/t11-,12+,13-/m0/s1. The van der Waals surface area contributed by atoms with Crippen molar-refractivity contribution < 1.29 is 19.4 Å². The van der Waals surface area contributed by atoms with E-state index in [0.29, 0.717) is 6.54 Å². The number of carbonyl (C=O) groups is 1. The Morgan fingerprint density at radius 1 is 1.50 bits per heavy atom. The molecule has 0 unspecified atom stereocenters. The average molecular weight is 359 g/mol. The van der Waals surface area contributed by atoms with Gasteiger partial charge in [-0.2, -0.15) is 0 Å². The van der Waals surface area contributed by atoms with Gasteiger partial charge in [0, 0.05) is 11.5 Å². The summed E-state index contributed by atoms with van der Waals surface area (Å²) in [5, 5.41) is 23.0. The molecule has 2 N–H and O–H groups in total. The largest absolute Gasteiger partial charge is 0.465 e. The van der Waals surface area contributed by atoms with Gasteiger partial charge in [-0.15, -0.1) is 0 Å². The maximum absolute atomic E-state index is 11.6. The molecule has 0 aliphatic carbocycles. The number of azide groups is 1. The molecule has 24 heavy (non-hydrogen) atoms. The minimum absolute atomic E-state index is 0.0206. The summed E-state index contributed by atoms with van der Waals surface area (Å²) in [5.41, 5.74) is 8.38. The van der Waals surface area contributed by atoms with Crippen LogP contribution in [0.25, 0.3) is 10.4 Å². The summed E-state index contributed by atoms with van der Waals surface area (Å²) >= 11 is 0. The van der Waals surface area contributed by atoms with E-state index in [1.807, 2.05) is 0 Å². The normalized spacial score (nSPS) is 23.5. The van der Waals surface area contributed by atoms with Crippen LogP contribution >= 0.6 is 0 Å². The minimum Gasteiger partial charge on any atom is -0.465 e. The average Bonchev–Trinajstić information content (AvgIpc) is 2.45. The molecule has 1 amide bonds. The lowest BCUT2D eigenvalue weighted by atomic mass is 9.94. The summed E-state index contributed by atoms with van der Waals surface area (Å²) in [7, 11) is -2.06. The molecule has 1 aliphatic rings. The Labute approximate surface area is 144 Å². The van der Waals surface area contributed by atoms with E-state index in [-0.39, 0.29) is 24.1 Å². The molecule has 0 aromatic carbocycles. The van der Waals surface area contributed by atoms with Gasteiger partial charge in [0.25, 0.3) is 0 Å². The van der Waals surface area contributed by atoms with Crippen LogP contribution in [-0.2, 0) is 4.43 Å². The zero-order valence-electron chi connectivity index (χ0n) is 15.3. The van der Waals surface area contributed by atoms with Crippen molar-refractivity contribution in [2.24, 2.45) is 5.11 Å². The Balaban J connectivity index is 2.96. The Hall–Kier alpha value is -1.28. The predicted octanol–water partition coefficient (Wildman–Crippen LogP) is 3.58. The Morgan fingerprint density at radius 2 is 2.12 bits per heavy atom. The first-order chi connectivity index (χ1) is 11.0. The molecule has 1 heterocycles. The van der Waals surface area contributed by atoms with E-state index in [0.717, 1.165) is 12.8 Å². The lowest BCUT2D eigenvalue weighted by Gasteiger charge is -2.46. The van der Waals surface area contributed by atoms with Gasteiger partial charge in [-0.3, -0.25) is 0 Å². The maximum atomic E-state index is 11.6. The number of piperidine rings is 1. The summed E-state index contributed by atoms with van der Waals surface area (Å²) < 4.78 is 6.46. The molecule has 0 aromatic rings. The second kappa shape index (κ2) is 8.20. The third kappa shape index (κ3) is 5.37. The van der Waals surface area contributed by atoms with Crippen LogP contribution in [0.5, 0.6) is 0 Å². The first-order valence-corrected chi connectivity index (χ1v) is 11.3. The van der Waals surface area contributed by atoms with E-state index in [9.17, 15) is 15.0 Å². The predicted molar refractivity (Wildman–Crippen MR) is 94.5 cm³/mol. The van der Waals surface area contributed by atoms with Crippen LogP contribution in [0.15, 0.2) is 5.11 Å². The molecule has 138 valence electrons. The fourth-order valence-corrected chi connectivity index (χ4v) is 4.10. The molecular weight excluding hydrogens is 328 g/mol. The highest BCUT2D eigenvalue weighted by molar-refractivity contribution is 6.74. The van der Waals surface area contributed by atoms with Crippen molar-refractivity contribution in [1.29, 1.82) is 0 Å². The topological polar surface area (TPSA) is 119 Å². The zero-order chi connectivity index (χ0) is 18.5. The number of rotatable bonds is 6. The summed E-state index contributed by atoms with van der Waals surface area (Å²) in [6.07, 6.45) is -0.388. The third-order valence-electron chi connectivity index (χ3n) is 5.08. The van der Waals surface area contributed by atoms with Crippen LogP contribution in [0, 0.1) is 0 Å². The number of aliphatic hydroxyl groups excluding tert-OH is 1. The quantitative estimate of drug-likeness (QED) is 0.326. The van der Waals surface area contributed by atoms with Crippen LogP contribution in [0.2, 0.25) is 18.1 Å². The van der Waals surface area contributed by atoms with Gasteiger partial charge in [0.05, 0.1) is 24.8 Å². The van der Waals surface area contributed by atoms with Crippen molar-refractivity contribution in [3.8, 4) is 0 Å². The van der Waals surface area contributed by atoms with Crippen molar-refractivity contribution in [1.82, 2.24) is 4.90 Å². The molecule has 1 fully saturated rings. The van der Waals surface area contributed by atoms with E-state index >= 15 is 0 Å². The molecule has 1 aliphatic heterocycles. The SMILES string of the molecule is CC(C)(C)[Si](C)(C)O[C@H]1CCCN(C(=O)O)[C@@H]1C[C@H](O)CN=[N+]=[N-]. The van der Waals surface area contributed by atoms with Crippen LogP contribution in [-0.4, -0.2) is 60.9 Å². The molecule has 0 spiro atoms. The highest BCUT2D eigenvalue weighted by Crippen LogP contribution is 2.39. The minimum atomic E-state index is -2.06. The lowest BCUT2D eigenvalue weighted by molar-refractivity contribution is 0.000628. The number of hydrogen-bond acceptors (Lipinski definition) is 4. The van der Waals surface area contributed by atoms with Crippen LogP contribution in [0.4, 0.5) is 4.79 Å². The van der Waals surface area contributed by atoms with Crippen molar-refractivity contribution in [2.45, 2.75) is 76.4 Å². The zero-order valence-corrected chi connectivity index (χ0v) is 16.3. The smallest absolute Gasteiger partial charge is 0.407 e. The van der Waals surface area contributed by atoms with E-state index in [1.54, 1.807) is 0 Å². The molecule has 8 nitrogen and oxygen atoms in total. The summed E-state index contributed by atoms with van der Waals surface area (Å²) in [4.78, 5) is 15.6. The van der Waals surface area contributed by atoms with Gasteiger partial charge in [-0.25, -0.2) is 4.79 Å². The Kier molecular flexibility index (Phi) is 7.09. The Bertz CT molecular complexity index is 488. The van der Waals surface area contributed by atoms with Gasteiger partial charge in [0.1, 0.15) is 0 Å². The molecule has 9 heteroatoms. The van der Waals surface area contributed by atoms with Crippen molar-refractivity contribution in [3.05, 3.63) is 10.4 Å². The molecule has 1 rings (SSSR count). The number of likely N-dealkylation sites (tertiary alicyclic amines) is 1. The van der Waals surface area contributed by atoms with Crippen molar-refractivity contribution >= 4 is 14.4 Å². The van der Waals surface area contributed by atoms with Gasteiger partial charge < -0.3 is 19.5 Å². The summed E-state index contributed by atoms with van der Waals surface area (Å²) in [6.45, 7) is 11.1. The van der Waals surface area contributed by atoms with E-state index in [2.05, 4.69) is 43.9 Å². The number of amides is 1. The van der Waals surface area contributed by atoms with E-state index < -0.39 is 26.6 Å². The van der Waals surface area contributed by atoms with Crippen LogP contribution < -0.4 is 0 Å². The summed E-state index contributed by atoms with van der Waals surface area (Å²) in [5.74, 6) is 0. The number of aliphatic hydroxyl groups is 1. The van der Waals surface area contributed by atoms with E-state index in [4.69, 9.17) is 9.96 Å². The Morgan fingerprint density at radius 3 is 2.62 bits per heavy atom. The monoisotopic (exact) mass is 358 g/mol. The van der Waals surface area contributed by atoms with Crippen molar-refractivity contribution in [3.63, 3.8) is 0 Å². The fourth-order valence-electron chi connectivity index (χ4n) is 2.71. The second-order valence-corrected chi connectivity index (χ2v) is 12.7. The van der Waals surface area contributed by atoms with E-state index in [1.165, 1.54) is 4.90 Å². The second-order valence-electron chi connectivity index (χ2n) is 7.91. The number of hydrogen-bond donors (Lipinski definition) is 2. The molecule has 0 radical (unpaired) electrons. The summed E-state index contributed by atoms with van der Waals surface area (Å²) in [6, 6.07) is -0.422. The van der Waals surface area contributed by atoms with Gasteiger partial charge in [0.2, 0.25) is 0 Å². The third-order valence-corrected chi connectivity index (χ3v) is 9.59. The lowest BCUT2D eigenvalue weighted by Crippen LogP contribution is -2.56. The highest BCUT2D eigenvalue weighted by atomic mass is 28.4. The number of nitrogens with zero attached hydrogens (tertiary/aromatic N) is 4. The van der Waals surface area contributed by atoms with Gasteiger partial charge in [-0.1, -0.05) is 25.9 Å². The number of carboxylic acid groups (broad SMARTS) is 1. The van der Waals surface area contributed by atoms with Crippen molar-refractivity contribution in [2.75, 3.05) is 13.1 Å². The first kappa shape index (κ1) is 20.8. The molecule has 0 saturated carbocycles. The highest BCUT2D eigenvalue weighted by Gasteiger charge is 2.44. The first-order valence-electron chi connectivity index (χ1n) is 8.36. The van der Waals surface area contributed by atoms with Gasteiger partial charge >= 0.3 is 6.09 Å². The molecular formula is C15H30N4O4Si. The van der Waals surface area contributed by atoms with Crippen LogP contribution in [0.3, 0.4) is 0 Å². The molecule has 1 saturated heterocycles. The molecule has 0 aromatic heterocycles. The fraction of sp³-hybridized carbons (Fsp3) is 0.933. The van der Waals surface area contributed by atoms with Crippen LogP contribution in [0.1, 0.15) is 40.0 Å². The molecule has 0 bridgehead atoms. The maximum Gasteiger partial charge on any atom is 0.407 e.